The van der Waals surface area contributed by atoms with Crippen molar-refractivity contribution < 1.29 is 0 Å². The van der Waals surface area contributed by atoms with Gasteiger partial charge in [0.05, 0.1) is 13.6 Å². The number of nitrogens with zero attached hydrogens (tertiary/aromatic N) is 5. The van der Waals surface area contributed by atoms with Crippen LogP contribution in [0, 0.1) is 0 Å². The zero-order valence-corrected chi connectivity index (χ0v) is 8.70. The molecule has 1 heterocycles. The van der Waals surface area contributed by atoms with Crippen LogP contribution in [0.1, 0.15) is 12.7 Å². The van der Waals surface area contributed by atoms with Crippen molar-refractivity contribution in [3.8, 4) is 0 Å². The molecule has 0 amide bonds. The van der Waals surface area contributed by atoms with Crippen LogP contribution in [0.25, 0.3) is 0 Å². The lowest BCUT2D eigenvalue weighted by Crippen LogP contribution is -2.25. The van der Waals surface area contributed by atoms with Crippen molar-refractivity contribution in [1.82, 2.24) is 25.1 Å². The van der Waals surface area contributed by atoms with E-state index in [1.165, 1.54) is 4.80 Å². The van der Waals surface area contributed by atoms with Crippen molar-refractivity contribution in [1.29, 1.82) is 0 Å². The standard InChI is InChI=1S/C7H14ClN5/c1-3-13(5-4-8)6-7-9-11-12(2)10-7/h3-6H2,1-2H3. The molecule has 0 fully saturated rings. The van der Waals surface area contributed by atoms with Gasteiger partial charge in [-0.05, 0) is 11.8 Å². The molecule has 0 radical (unpaired) electrons. The van der Waals surface area contributed by atoms with Crippen LogP contribution in [0.3, 0.4) is 0 Å². The van der Waals surface area contributed by atoms with Gasteiger partial charge in [0.2, 0.25) is 0 Å². The van der Waals surface area contributed by atoms with E-state index in [2.05, 4.69) is 27.2 Å². The summed E-state index contributed by atoms with van der Waals surface area (Å²) in [5.74, 6) is 1.38. The summed E-state index contributed by atoms with van der Waals surface area (Å²) in [5.41, 5.74) is 0. The van der Waals surface area contributed by atoms with Crippen molar-refractivity contribution >= 4 is 11.6 Å². The molecule has 1 rings (SSSR count). The van der Waals surface area contributed by atoms with Crippen LogP contribution in [-0.4, -0.2) is 44.1 Å². The first-order valence-corrected chi connectivity index (χ1v) is 4.81. The van der Waals surface area contributed by atoms with Gasteiger partial charge < -0.3 is 0 Å². The lowest BCUT2D eigenvalue weighted by Gasteiger charge is -2.15. The molecule has 0 saturated heterocycles. The molecule has 0 bridgehead atoms. The van der Waals surface area contributed by atoms with Gasteiger partial charge >= 0.3 is 0 Å². The monoisotopic (exact) mass is 203 g/mol. The van der Waals surface area contributed by atoms with E-state index in [-0.39, 0.29) is 0 Å². The molecule has 5 nitrogen and oxygen atoms in total. The molecule has 0 aliphatic rings. The molecule has 0 spiro atoms. The molecular weight excluding hydrogens is 190 g/mol. The van der Waals surface area contributed by atoms with E-state index >= 15 is 0 Å². The van der Waals surface area contributed by atoms with Crippen molar-refractivity contribution in [3.63, 3.8) is 0 Å². The van der Waals surface area contributed by atoms with Gasteiger partial charge in [-0.1, -0.05) is 6.92 Å². The zero-order valence-electron chi connectivity index (χ0n) is 7.94. The maximum atomic E-state index is 5.64. The van der Waals surface area contributed by atoms with E-state index in [1.807, 2.05) is 0 Å². The summed E-state index contributed by atoms with van der Waals surface area (Å²) in [6.07, 6.45) is 0. The van der Waals surface area contributed by atoms with E-state index < -0.39 is 0 Å². The fraction of sp³-hybridized carbons (Fsp3) is 0.857. The van der Waals surface area contributed by atoms with Gasteiger partial charge in [0.15, 0.2) is 5.82 Å². The molecular formula is C7H14ClN5. The minimum Gasteiger partial charge on any atom is -0.295 e. The van der Waals surface area contributed by atoms with Crippen LogP contribution < -0.4 is 0 Å². The molecule has 0 atom stereocenters. The van der Waals surface area contributed by atoms with Crippen LogP contribution >= 0.6 is 11.6 Å². The summed E-state index contributed by atoms with van der Waals surface area (Å²) < 4.78 is 0. The fourth-order valence-electron chi connectivity index (χ4n) is 1.06. The Bertz CT molecular complexity index is 249. The second kappa shape index (κ2) is 5.14. The van der Waals surface area contributed by atoms with Gasteiger partial charge in [-0.3, -0.25) is 4.90 Å². The van der Waals surface area contributed by atoms with Gasteiger partial charge in [-0.25, -0.2) is 0 Å². The van der Waals surface area contributed by atoms with Gasteiger partial charge in [-0.15, -0.1) is 21.8 Å². The average Bonchev–Trinajstić information content (AvgIpc) is 2.50. The molecule has 0 N–H and O–H groups in total. The number of hydrogen-bond donors (Lipinski definition) is 0. The molecule has 0 aliphatic heterocycles. The smallest absolute Gasteiger partial charge is 0.188 e. The maximum Gasteiger partial charge on any atom is 0.188 e. The predicted molar refractivity (Wildman–Crippen MR) is 50.5 cm³/mol. The lowest BCUT2D eigenvalue weighted by molar-refractivity contribution is 0.289. The quantitative estimate of drug-likeness (QED) is 0.645. The van der Waals surface area contributed by atoms with Crippen molar-refractivity contribution in [3.05, 3.63) is 5.82 Å². The highest BCUT2D eigenvalue weighted by Gasteiger charge is 2.06. The minimum atomic E-state index is 0.633. The molecule has 6 heteroatoms. The van der Waals surface area contributed by atoms with Crippen molar-refractivity contribution in [2.45, 2.75) is 13.5 Å². The summed E-state index contributed by atoms with van der Waals surface area (Å²) in [4.78, 5) is 3.63. The number of halogens is 1. The van der Waals surface area contributed by atoms with Crippen LogP contribution in [0.15, 0.2) is 0 Å². The Balaban J connectivity index is 2.46. The predicted octanol–water partition coefficient (Wildman–Crippen LogP) is 0.271. The highest BCUT2D eigenvalue weighted by atomic mass is 35.5. The highest BCUT2D eigenvalue weighted by molar-refractivity contribution is 6.18. The van der Waals surface area contributed by atoms with Crippen molar-refractivity contribution in [2.24, 2.45) is 7.05 Å². The van der Waals surface area contributed by atoms with Gasteiger partial charge in [-0.2, -0.15) is 4.80 Å². The van der Waals surface area contributed by atoms with E-state index in [9.17, 15) is 0 Å². The average molecular weight is 204 g/mol. The van der Waals surface area contributed by atoms with E-state index in [0.717, 1.165) is 25.5 Å². The van der Waals surface area contributed by atoms with Crippen LogP contribution in [0.2, 0.25) is 0 Å². The Hall–Kier alpha value is -0.680. The van der Waals surface area contributed by atoms with Gasteiger partial charge in [0.25, 0.3) is 0 Å². The normalized spacial score (nSPS) is 11.1. The number of aryl methyl sites for hydroxylation is 1. The summed E-state index contributed by atoms with van der Waals surface area (Å²) in [6.45, 7) is 4.61. The molecule has 1 aromatic heterocycles. The summed E-state index contributed by atoms with van der Waals surface area (Å²) in [6, 6.07) is 0. The molecule has 0 saturated carbocycles. The molecule has 13 heavy (non-hydrogen) atoms. The van der Waals surface area contributed by atoms with E-state index in [0.29, 0.717) is 5.88 Å². The Kier molecular flexibility index (Phi) is 4.11. The number of hydrogen-bond acceptors (Lipinski definition) is 4. The molecule has 0 aromatic carbocycles. The first-order valence-electron chi connectivity index (χ1n) is 4.27. The lowest BCUT2D eigenvalue weighted by atomic mass is 10.4. The highest BCUT2D eigenvalue weighted by Crippen LogP contribution is 1.96. The second-order valence-corrected chi connectivity index (χ2v) is 3.13. The molecule has 0 aliphatic carbocycles. The summed E-state index contributed by atoms with van der Waals surface area (Å²) >= 11 is 5.64. The third-order valence-electron chi connectivity index (χ3n) is 1.76. The zero-order chi connectivity index (χ0) is 9.68. The number of alkyl halides is 1. The Labute approximate surface area is 82.7 Å². The maximum absolute atomic E-state index is 5.64. The second-order valence-electron chi connectivity index (χ2n) is 2.75. The third-order valence-corrected chi connectivity index (χ3v) is 1.93. The summed E-state index contributed by atoms with van der Waals surface area (Å²) in [7, 11) is 1.76. The number of rotatable bonds is 5. The minimum absolute atomic E-state index is 0.633. The van der Waals surface area contributed by atoms with Gasteiger partial charge in [0, 0.05) is 12.4 Å². The van der Waals surface area contributed by atoms with Crippen LogP contribution in [-0.2, 0) is 13.6 Å². The first kappa shape index (κ1) is 10.4. The van der Waals surface area contributed by atoms with Gasteiger partial charge in [0.1, 0.15) is 0 Å². The van der Waals surface area contributed by atoms with E-state index in [1.54, 1.807) is 7.05 Å². The topological polar surface area (TPSA) is 46.8 Å². The molecule has 1 aromatic rings. The first-order chi connectivity index (χ1) is 6.26. The van der Waals surface area contributed by atoms with E-state index in [4.69, 9.17) is 11.6 Å². The third kappa shape index (κ3) is 3.28. The number of aromatic nitrogens is 4. The van der Waals surface area contributed by atoms with Crippen molar-refractivity contribution in [2.75, 3.05) is 19.0 Å². The Morgan fingerprint density at radius 2 is 2.31 bits per heavy atom. The fourth-order valence-corrected chi connectivity index (χ4v) is 1.29. The molecule has 74 valence electrons. The Morgan fingerprint density at radius 3 is 2.77 bits per heavy atom. The van der Waals surface area contributed by atoms with Crippen LogP contribution in [0.5, 0.6) is 0 Å². The largest absolute Gasteiger partial charge is 0.295 e. The SMILES string of the molecule is CCN(CCCl)Cc1nnn(C)n1. The summed E-state index contributed by atoms with van der Waals surface area (Å²) in [5, 5.41) is 11.8. The van der Waals surface area contributed by atoms with Crippen LogP contribution in [0.4, 0.5) is 0 Å². The molecule has 0 unspecified atom stereocenters. The Morgan fingerprint density at radius 1 is 1.54 bits per heavy atom. The number of tetrazole rings is 1.